The Hall–Kier alpha value is -1.92. The zero-order chi connectivity index (χ0) is 15.5. The molecule has 2 aliphatic heterocycles. The molecule has 0 fully saturated rings. The van der Waals surface area contributed by atoms with Crippen molar-refractivity contribution in [1.29, 1.82) is 0 Å². The van der Waals surface area contributed by atoms with Crippen LogP contribution in [0.5, 0.6) is 0 Å². The molecule has 6 nitrogen and oxygen atoms in total. The standard InChI is InChI=1S/C15H18O6/c1-2-15(19)12(4-3-9-16)20-13(17)10-5-7-11(8-6-10)14(18)21-15/h5-8,12,16,19H,2-4,9H2,1H3. The third-order valence-corrected chi connectivity index (χ3v) is 3.51. The molecule has 0 amide bonds. The van der Waals surface area contributed by atoms with Gasteiger partial charge in [-0.05, 0) is 37.1 Å². The molecule has 2 bridgehead atoms. The molecule has 2 atom stereocenters. The number of hydrogen-bond donors (Lipinski definition) is 2. The molecule has 1 aromatic carbocycles. The van der Waals surface area contributed by atoms with Gasteiger partial charge in [-0.3, -0.25) is 0 Å². The molecule has 0 radical (unpaired) electrons. The third kappa shape index (κ3) is 3.22. The monoisotopic (exact) mass is 294 g/mol. The van der Waals surface area contributed by atoms with Crippen molar-refractivity contribution in [2.24, 2.45) is 0 Å². The van der Waals surface area contributed by atoms with Crippen LogP contribution in [0, 0.1) is 0 Å². The highest BCUT2D eigenvalue weighted by Gasteiger charge is 2.42. The number of carbonyl (C=O) groups is 2. The van der Waals surface area contributed by atoms with E-state index in [0.29, 0.717) is 12.0 Å². The van der Waals surface area contributed by atoms with Gasteiger partial charge < -0.3 is 19.7 Å². The minimum Gasteiger partial charge on any atom is -0.452 e. The fraction of sp³-hybridized carbons (Fsp3) is 0.467. The number of benzene rings is 1. The molecule has 1 aromatic rings. The molecule has 2 unspecified atom stereocenters. The first-order valence-electron chi connectivity index (χ1n) is 6.88. The molecule has 0 saturated heterocycles. The summed E-state index contributed by atoms with van der Waals surface area (Å²) < 4.78 is 10.4. The maximum atomic E-state index is 12.1. The van der Waals surface area contributed by atoms with Gasteiger partial charge in [0.05, 0.1) is 11.1 Å². The van der Waals surface area contributed by atoms with Crippen molar-refractivity contribution in [3.63, 3.8) is 0 Å². The van der Waals surface area contributed by atoms with E-state index in [2.05, 4.69) is 0 Å². The van der Waals surface area contributed by atoms with E-state index < -0.39 is 23.8 Å². The Labute approximate surface area is 122 Å². The quantitative estimate of drug-likeness (QED) is 0.812. The molecule has 2 N–H and O–H groups in total. The van der Waals surface area contributed by atoms with E-state index in [0.717, 1.165) is 0 Å². The molecule has 0 aromatic heterocycles. The fourth-order valence-corrected chi connectivity index (χ4v) is 2.18. The fourth-order valence-electron chi connectivity index (χ4n) is 2.18. The van der Waals surface area contributed by atoms with Gasteiger partial charge in [0.1, 0.15) is 0 Å². The van der Waals surface area contributed by atoms with Gasteiger partial charge in [-0.15, -0.1) is 0 Å². The van der Waals surface area contributed by atoms with Crippen LogP contribution >= 0.6 is 0 Å². The van der Waals surface area contributed by atoms with Crippen molar-refractivity contribution >= 4 is 11.9 Å². The lowest BCUT2D eigenvalue weighted by Gasteiger charge is -2.34. The van der Waals surface area contributed by atoms with Crippen LogP contribution in [0.15, 0.2) is 24.3 Å². The summed E-state index contributed by atoms with van der Waals surface area (Å²) >= 11 is 0. The van der Waals surface area contributed by atoms with Gasteiger partial charge in [0, 0.05) is 13.0 Å². The van der Waals surface area contributed by atoms with Crippen LogP contribution in [0.2, 0.25) is 0 Å². The van der Waals surface area contributed by atoms with Crippen LogP contribution in [0.4, 0.5) is 0 Å². The summed E-state index contributed by atoms with van der Waals surface area (Å²) in [5, 5.41) is 19.5. The topological polar surface area (TPSA) is 93.1 Å². The van der Waals surface area contributed by atoms with Crippen molar-refractivity contribution in [3.8, 4) is 0 Å². The zero-order valence-electron chi connectivity index (χ0n) is 11.7. The molecular weight excluding hydrogens is 276 g/mol. The number of esters is 2. The molecule has 6 heteroatoms. The lowest BCUT2D eigenvalue weighted by atomic mass is 10.0. The Morgan fingerprint density at radius 1 is 1.14 bits per heavy atom. The summed E-state index contributed by atoms with van der Waals surface area (Å²) in [6, 6.07) is 5.84. The van der Waals surface area contributed by atoms with Crippen molar-refractivity contribution in [3.05, 3.63) is 35.4 Å². The predicted molar refractivity (Wildman–Crippen MR) is 72.6 cm³/mol. The molecular formula is C15H18O6. The van der Waals surface area contributed by atoms with Gasteiger partial charge in [-0.25, -0.2) is 9.59 Å². The van der Waals surface area contributed by atoms with E-state index in [-0.39, 0.29) is 25.0 Å². The molecule has 2 heterocycles. The van der Waals surface area contributed by atoms with Crippen LogP contribution in [0.25, 0.3) is 0 Å². The van der Waals surface area contributed by atoms with Crippen molar-refractivity contribution in [2.75, 3.05) is 6.61 Å². The number of aliphatic hydroxyl groups excluding tert-OH is 1. The van der Waals surface area contributed by atoms with E-state index in [1.165, 1.54) is 24.3 Å². The molecule has 2 aliphatic rings. The first-order chi connectivity index (χ1) is 10.00. The summed E-state index contributed by atoms with van der Waals surface area (Å²) in [6.07, 6.45) is -0.455. The van der Waals surface area contributed by atoms with E-state index in [1.807, 2.05) is 0 Å². The predicted octanol–water partition coefficient (Wildman–Crippen LogP) is 1.25. The van der Waals surface area contributed by atoms with Gasteiger partial charge in [0.15, 0.2) is 6.10 Å². The van der Waals surface area contributed by atoms with Gasteiger partial charge in [0.2, 0.25) is 5.79 Å². The Kier molecular flexibility index (Phi) is 4.59. The molecule has 3 rings (SSSR count). The van der Waals surface area contributed by atoms with Gasteiger partial charge >= 0.3 is 11.9 Å². The Morgan fingerprint density at radius 2 is 1.71 bits per heavy atom. The van der Waals surface area contributed by atoms with E-state index >= 15 is 0 Å². The maximum Gasteiger partial charge on any atom is 0.340 e. The lowest BCUT2D eigenvalue weighted by molar-refractivity contribution is -0.227. The SMILES string of the molecule is CCC1(O)OC(=O)c2ccc(cc2)C(=O)OC1CCCO. The van der Waals surface area contributed by atoms with E-state index in [4.69, 9.17) is 14.6 Å². The highest BCUT2D eigenvalue weighted by molar-refractivity contribution is 5.94. The van der Waals surface area contributed by atoms with E-state index in [1.54, 1.807) is 6.92 Å². The Balaban J connectivity index is 2.39. The number of carbonyl (C=O) groups excluding carboxylic acids is 2. The molecule has 0 saturated carbocycles. The second kappa shape index (κ2) is 6.24. The Morgan fingerprint density at radius 3 is 2.24 bits per heavy atom. The van der Waals surface area contributed by atoms with Crippen LogP contribution in [-0.2, 0) is 9.47 Å². The van der Waals surface area contributed by atoms with Crippen LogP contribution < -0.4 is 0 Å². The highest BCUT2D eigenvalue weighted by atomic mass is 16.7. The summed E-state index contributed by atoms with van der Waals surface area (Å²) in [7, 11) is 0. The average molecular weight is 294 g/mol. The average Bonchev–Trinajstić information content (AvgIpc) is 2.50. The summed E-state index contributed by atoms with van der Waals surface area (Å²) in [5.41, 5.74) is 0.544. The van der Waals surface area contributed by atoms with E-state index in [9.17, 15) is 14.7 Å². The van der Waals surface area contributed by atoms with Crippen molar-refractivity contribution < 1.29 is 29.3 Å². The van der Waals surface area contributed by atoms with Gasteiger partial charge in [0.25, 0.3) is 0 Å². The summed E-state index contributed by atoms with van der Waals surface area (Å²) in [5.74, 6) is -3.19. The Bertz CT molecular complexity index is 523. The van der Waals surface area contributed by atoms with Crippen molar-refractivity contribution in [1.82, 2.24) is 0 Å². The molecule has 21 heavy (non-hydrogen) atoms. The van der Waals surface area contributed by atoms with Gasteiger partial charge in [-0.2, -0.15) is 0 Å². The third-order valence-electron chi connectivity index (χ3n) is 3.51. The number of rotatable bonds is 4. The summed E-state index contributed by atoms with van der Waals surface area (Å²) in [4.78, 5) is 24.1. The van der Waals surface area contributed by atoms with Crippen LogP contribution in [-0.4, -0.2) is 40.6 Å². The molecule has 114 valence electrons. The lowest BCUT2D eigenvalue weighted by Crippen LogP contribution is -2.48. The smallest absolute Gasteiger partial charge is 0.340 e. The second-order valence-electron chi connectivity index (χ2n) is 4.93. The first kappa shape index (κ1) is 15.5. The summed E-state index contributed by atoms with van der Waals surface area (Å²) in [6.45, 7) is 1.51. The number of ether oxygens (including phenoxy) is 2. The van der Waals surface area contributed by atoms with Gasteiger partial charge in [-0.1, -0.05) is 6.92 Å². The normalized spacial score (nSPS) is 25.4. The highest BCUT2D eigenvalue weighted by Crippen LogP contribution is 2.27. The number of fused-ring (bicyclic) bond motifs is 7. The largest absolute Gasteiger partial charge is 0.452 e. The second-order valence-corrected chi connectivity index (χ2v) is 4.93. The van der Waals surface area contributed by atoms with Crippen LogP contribution in [0.1, 0.15) is 46.9 Å². The zero-order valence-corrected chi connectivity index (χ0v) is 11.7. The molecule has 0 spiro atoms. The minimum absolute atomic E-state index is 0.0676. The van der Waals surface area contributed by atoms with Crippen molar-refractivity contribution in [2.45, 2.75) is 38.1 Å². The first-order valence-corrected chi connectivity index (χ1v) is 6.88. The minimum atomic E-state index is -1.91. The molecule has 0 aliphatic carbocycles. The number of hydrogen-bond acceptors (Lipinski definition) is 6. The van der Waals surface area contributed by atoms with Crippen LogP contribution in [0.3, 0.4) is 0 Å². The number of aliphatic hydroxyl groups is 2. The maximum absolute atomic E-state index is 12.1.